The molecule has 5 unspecified atom stereocenters. The Hall–Kier alpha value is -0.260. The van der Waals surface area contributed by atoms with E-state index in [1.165, 1.54) is 25.7 Å². The number of rotatable bonds is 2. The fourth-order valence-corrected chi connectivity index (χ4v) is 5.63. The average molecular weight is 202 g/mol. The predicted octanol–water partition coefficient (Wildman–Crippen LogP) is 4.17. The van der Waals surface area contributed by atoms with Crippen LogP contribution in [0.15, 0.2) is 11.1 Å². The number of allylic oxidation sites excluding steroid dienone is 2. The van der Waals surface area contributed by atoms with Gasteiger partial charge in [-0.1, -0.05) is 30.9 Å². The lowest BCUT2D eigenvalue weighted by molar-refractivity contribution is 0.216. The number of fused-ring (bicyclic) bond motifs is 8. The minimum atomic E-state index is 1.07. The van der Waals surface area contributed by atoms with Gasteiger partial charge >= 0.3 is 0 Å². The SMILES string of the molecule is CCCC1CC2CC1C1C2=C2CCC1C2. The summed E-state index contributed by atoms with van der Waals surface area (Å²) in [7, 11) is 0. The molecule has 0 aromatic heterocycles. The van der Waals surface area contributed by atoms with Crippen molar-refractivity contribution >= 4 is 0 Å². The summed E-state index contributed by atoms with van der Waals surface area (Å²) in [6.45, 7) is 2.37. The maximum atomic E-state index is 2.37. The molecule has 4 aliphatic carbocycles. The van der Waals surface area contributed by atoms with E-state index in [1.807, 2.05) is 11.1 Å². The van der Waals surface area contributed by atoms with Gasteiger partial charge in [0.15, 0.2) is 0 Å². The standard InChI is InChI=1S/C15H22/c1-2-3-9-6-12-8-13(9)15-11-5-4-10(7-11)14(12)15/h9,11-13,15H,2-8H2,1H3. The van der Waals surface area contributed by atoms with Crippen LogP contribution in [0.5, 0.6) is 0 Å². The van der Waals surface area contributed by atoms with Crippen molar-refractivity contribution in [3.8, 4) is 0 Å². The number of hydrogen-bond acceptors (Lipinski definition) is 0. The largest absolute Gasteiger partial charge is 0.0701 e. The maximum Gasteiger partial charge on any atom is -0.0135 e. The summed E-state index contributed by atoms with van der Waals surface area (Å²) >= 11 is 0. The molecule has 3 fully saturated rings. The summed E-state index contributed by atoms with van der Waals surface area (Å²) in [6, 6.07) is 0. The Morgan fingerprint density at radius 2 is 2.20 bits per heavy atom. The zero-order valence-electron chi connectivity index (χ0n) is 9.84. The Morgan fingerprint density at radius 1 is 1.27 bits per heavy atom. The lowest BCUT2D eigenvalue weighted by Crippen LogP contribution is -2.26. The average Bonchev–Trinajstić information content (AvgIpc) is 2.95. The minimum absolute atomic E-state index is 1.07. The molecule has 3 saturated carbocycles. The highest BCUT2D eigenvalue weighted by molar-refractivity contribution is 5.37. The zero-order valence-corrected chi connectivity index (χ0v) is 9.84. The zero-order chi connectivity index (χ0) is 9.99. The maximum absolute atomic E-state index is 2.37. The highest BCUT2D eigenvalue weighted by atomic mass is 14.6. The molecule has 0 aliphatic heterocycles. The first-order valence-electron chi connectivity index (χ1n) is 7.10. The van der Waals surface area contributed by atoms with E-state index in [9.17, 15) is 0 Å². The van der Waals surface area contributed by atoms with E-state index in [-0.39, 0.29) is 0 Å². The molecule has 15 heavy (non-hydrogen) atoms. The van der Waals surface area contributed by atoms with Crippen LogP contribution < -0.4 is 0 Å². The van der Waals surface area contributed by atoms with Crippen molar-refractivity contribution < 1.29 is 0 Å². The summed E-state index contributed by atoms with van der Waals surface area (Å²) in [6.07, 6.45) is 10.6. The minimum Gasteiger partial charge on any atom is -0.0701 e. The normalized spacial score (nSPS) is 50.6. The monoisotopic (exact) mass is 202 g/mol. The smallest absolute Gasteiger partial charge is 0.0135 e. The molecule has 0 heteroatoms. The van der Waals surface area contributed by atoms with Crippen molar-refractivity contribution in [1.82, 2.24) is 0 Å². The van der Waals surface area contributed by atoms with Crippen LogP contribution in [0, 0.1) is 29.6 Å². The Morgan fingerprint density at radius 3 is 3.07 bits per heavy atom. The van der Waals surface area contributed by atoms with Crippen LogP contribution in [0.2, 0.25) is 0 Å². The predicted molar refractivity (Wildman–Crippen MR) is 62.5 cm³/mol. The van der Waals surface area contributed by atoms with E-state index in [0.717, 1.165) is 29.6 Å². The van der Waals surface area contributed by atoms with Gasteiger partial charge in [0, 0.05) is 0 Å². The van der Waals surface area contributed by atoms with Crippen molar-refractivity contribution in [3.63, 3.8) is 0 Å². The van der Waals surface area contributed by atoms with Gasteiger partial charge in [0.25, 0.3) is 0 Å². The molecule has 82 valence electrons. The van der Waals surface area contributed by atoms with E-state index < -0.39 is 0 Å². The quantitative estimate of drug-likeness (QED) is 0.590. The molecular weight excluding hydrogens is 180 g/mol. The molecule has 0 heterocycles. The summed E-state index contributed by atoms with van der Waals surface area (Å²) in [4.78, 5) is 0. The highest BCUT2D eigenvalue weighted by Gasteiger charge is 2.56. The first kappa shape index (κ1) is 8.84. The molecule has 0 amide bonds. The second-order valence-electron chi connectivity index (χ2n) is 6.47. The third-order valence-electron chi connectivity index (χ3n) is 5.91. The molecule has 4 rings (SSSR count). The molecule has 0 aromatic carbocycles. The van der Waals surface area contributed by atoms with Gasteiger partial charge in [-0.15, -0.1) is 0 Å². The van der Waals surface area contributed by atoms with Crippen LogP contribution in [-0.2, 0) is 0 Å². The van der Waals surface area contributed by atoms with Crippen molar-refractivity contribution in [2.24, 2.45) is 29.6 Å². The van der Waals surface area contributed by atoms with Gasteiger partial charge in [0.1, 0.15) is 0 Å². The second-order valence-corrected chi connectivity index (χ2v) is 6.47. The van der Waals surface area contributed by atoms with Gasteiger partial charge in [-0.3, -0.25) is 0 Å². The summed E-state index contributed by atoms with van der Waals surface area (Å²) < 4.78 is 0. The molecule has 0 N–H and O–H groups in total. The summed E-state index contributed by atoms with van der Waals surface area (Å²) in [5, 5.41) is 0. The van der Waals surface area contributed by atoms with Gasteiger partial charge in [-0.05, 0) is 61.7 Å². The topological polar surface area (TPSA) is 0 Å². The lowest BCUT2D eigenvalue weighted by atomic mass is 9.71. The Kier molecular flexibility index (Phi) is 1.71. The molecular formula is C15H22. The highest BCUT2D eigenvalue weighted by Crippen LogP contribution is 2.66. The Balaban J connectivity index is 1.68. The van der Waals surface area contributed by atoms with Gasteiger partial charge in [0.05, 0.1) is 0 Å². The van der Waals surface area contributed by atoms with E-state index in [2.05, 4.69) is 6.92 Å². The first-order valence-corrected chi connectivity index (χ1v) is 7.10. The third-order valence-corrected chi connectivity index (χ3v) is 5.91. The van der Waals surface area contributed by atoms with Crippen LogP contribution in [-0.4, -0.2) is 0 Å². The summed E-state index contributed by atoms with van der Waals surface area (Å²) in [5.41, 5.74) is 3.95. The fraction of sp³-hybridized carbons (Fsp3) is 0.867. The van der Waals surface area contributed by atoms with Gasteiger partial charge in [-0.2, -0.15) is 0 Å². The first-order chi connectivity index (χ1) is 7.38. The van der Waals surface area contributed by atoms with Gasteiger partial charge in [-0.25, -0.2) is 0 Å². The van der Waals surface area contributed by atoms with E-state index in [4.69, 9.17) is 0 Å². The Labute approximate surface area is 93.1 Å². The van der Waals surface area contributed by atoms with Crippen molar-refractivity contribution in [3.05, 3.63) is 11.1 Å². The van der Waals surface area contributed by atoms with Crippen LogP contribution in [0.25, 0.3) is 0 Å². The molecule has 4 aliphatic rings. The second kappa shape index (κ2) is 2.90. The lowest BCUT2D eigenvalue weighted by Gasteiger charge is -2.34. The molecule has 0 nitrogen and oxygen atoms in total. The van der Waals surface area contributed by atoms with Crippen LogP contribution in [0.1, 0.15) is 51.9 Å². The van der Waals surface area contributed by atoms with Crippen LogP contribution in [0.3, 0.4) is 0 Å². The molecule has 0 spiro atoms. The number of hydrogen-bond donors (Lipinski definition) is 0. The molecule has 0 saturated heterocycles. The van der Waals surface area contributed by atoms with Gasteiger partial charge in [0.2, 0.25) is 0 Å². The third kappa shape index (κ3) is 0.990. The van der Waals surface area contributed by atoms with Gasteiger partial charge < -0.3 is 0 Å². The van der Waals surface area contributed by atoms with Crippen molar-refractivity contribution in [2.75, 3.05) is 0 Å². The van der Waals surface area contributed by atoms with E-state index in [1.54, 1.807) is 19.3 Å². The Bertz CT molecular complexity index is 325. The molecule has 4 bridgehead atoms. The van der Waals surface area contributed by atoms with Crippen LogP contribution in [0.4, 0.5) is 0 Å². The van der Waals surface area contributed by atoms with E-state index >= 15 is 0 Å². The van der Waals surface area contributed by atoms with E-state index in [0.29, 0.717) is 0 Å². The fourth-order valence-electron chi connectivity index (χ4n) is 5.63. The van der Waals surface area contributed by atoms with Crippen molar-refractivity contribution in [2.45, 2.75) is 51.9 Å². The molecule has 0 radical (unpaired) electrons. The van der Waals surface area contributed by atoms with Crippen LogP contribution >= 0.6 is 0 Å². The van der Waals surface area contributed by atoms with Crippen molar-refractivity contribution in [1.29, 1.82) is 0 Å². The molecule has 5 atom stereocenters. The molecule has 0 aromatic rings. The summed E-state index contributed by atoms with van der Waals surface area (Å²) in [5.74, 6) is 5.53.